The van der Waals surface area contributed by atoms with Crippen LogP contribution in [0.3, 0.4) is 0 Å². The van der Waals surface area contributed by atoms with Crippen LogP contribution in [0.2, 0.25) is 0 Å². The van der Waals surface area contributed by atoms with Crippen molar-refractivity contribution < 1.29 is 4.74 Å². The van der Waals surface area contributed by atoms with Crippen LogP contribution in [0.4, 0.5) is 0 Å². The highest BCUT2D eigenvalue weighted by Gasteiger charge is 2.20. The average Bonchev–Trinajstić information content (AvgIpc) is 2.91. The van der Waals surface area contributed by atoms with Gasteiger partial charge in [-0.1, -0.05) is 18.7 Å². The standard InChI is InChI=1S/C14H14N2O/c1-2-10-3-4-13-12(7-10)8-15-14(16-13)11-5-6-17-9-11/h2-4,7-8,11H,1,5-6,9H2. The van der Waals surface area contributed by atoms with E-state index in [1.807, 2.05) is 24.4 Å². The van der Waals surface area contributed by atoms with E-state index >= 15 is 0 Å². The first-order valence-corrected chi connectivity index (χ1v) is 5.84. The van der Waals surface area contributed by atoms with E-state index in [4.69, 9.17) is 4.74 Å². The van der Waals surface area contributed by atoms with Crippen molar-refractivity contribution in [1.29, 1.82) is 0 Å². The molecule has 1 aliphatic rings. The molecule has 3 heteroatoms. The maximum atomic E-state index is 5.37. The van der Waals surface area contributed by atoms with Gasteiger partial charge in [-0.25, -0.2) is 9.97 Å². The van der Waals surface area contributed by atoms with Crippen LogP contribution in [-0.4, -0.2) is 23.2 Å². The average molecular weight is 226 g/mol. The Morgan fingerprint density at radius 2 is 2.35 bits per heavy atom. The number of ether oxygens (including phenoxy) is 1. The zero-order chi connectivity index (χ0) is 11.7. The molecule has 1 fully saturated rings. The smallest absolute Gasteiger partial charge is 0.134 e. The van der Waals surface area contributed by atoms with Gasteiger partial charge in [0.25, 0.3) is 0 Å². The molecule has 1 aromatic heterocycles. The van der Waals surface area contributed by atoms with Crippen molar-refractivity contribution in [2.75, 3.05) is 13.2 Å². The number of nitrogens with zero attached hydrogens (tertiary/aromatic N) is 2. The van der Waals surface area contributed by atoms with Crippen LogP contribution in [0, 0.1) is 0 Å². The SMILES string of the molecule is C=Cc1ccc2nc(C3CCOC3)ncc2c1. The minimum absolute atomic E-state index is 0.360. The third-order valence-corrected chi connectivity index (χ3v) is 3.15. The highest BCUT2D eigenvalue weighted by atomic mass is 16.5. The van der Waals surface area contributed by atoms with E-state index in [0.29, 0.717) is 5.92 Å². The highest BCUT2D eigenvalue weighted by molar-refractivity contribution is 5.80. The second-order valence-electron chi connectivity index (χ2n) is 4.31. The first-order chi connectivity index (χ1) is 8.36. The van der Waals surface area contributed by atoms with E-state index in [-0.39, 0.29) is 0 Å². The molecule has 0 N–H and O–H groups in total. The quantitative estimate of drug-likeness (QED) is 0.789. The number of hydrogen-bond donors (Lipinski definition) is 0. The van der Waals surface area contributed by atoms with Crippen LogP contribution in [0.25, 0.3) is 17.0 Å². The molecule has 3 rings (SSSR count). The van der Waals surface area contributed by atoms with Gasteiger partial charge in [0.05, 0.1) is 12.1 Å². The number of benzene rings is 1. The van der Waals surface area contributed by atoms with Crippen LogP contribution in [-0.2, 0) is 4.74 Å². The summed E-state index contributed by atoms with van der Waals surface area (Å²) in [6, 6.07) is 6.10. The van der Waals surface area contributed by atoms with E-state index in [1.54, 1.807) is 0 Å². The second-order valence-corrected chi connectivity index (χ2v) is 4.31. The van der Waals surface area contributed by atoms with Crippen LogP contribution < -0.4 is 0 Å². The van der Waals surface area contributed by atoms with Crippen LogP contribution in [0.5, 0.6) is 0 Å². The van der Waals surface area contributed by atoms with E-state index in [9.17, 15) is 0 Å². The first kappa shape index (κ1) is 10.4. The lowest BCUT2D eigenvalue weighted by molar-refractivity contribution is 0.193. The van der Waals surface area contributed by atoms with Crippen LogP contribution in [0.1, 0.15) is 23.7 Å². The van der Waals surface area contributed by atoms with Crippen LogP contribution in [0.15, 0.2) is 31.0 Å². The Labute approximate surface area is 100 Å². The summed E-state index contributed by atoms with van der Waals surface area (Å²) >= 11 is 0. The number of hydrogen-bond acceptors (Lipinski definition) is 3. The lowest BCUT2D eigenvalue weighted by Gasteiger charge is -2.07. The first-order valence-electron chi connectivity index (χ1n) is 5.84. The summed E-state index contributed by atoms with van der Waals surface area (Å²) in [5.74, 6) is 1.26. The van der Waals surface area contributed by atoms with Gasteiger partial charge in [-0.3, -0.25) is 0 Å². The monoisotopic (exact) mass is 226 g/mol. The largest absolute Gasteiger partial charge is 0.381 e. The summed E-state index contributed by atoms with van der Waals surface area (Å²) in [4.78, 5) is 9.05. The van der Waals surface area contributed by atoms with E-state index in [2.05, 4.69) is 22.6 Å². The molecule has 2 heterocycles. The molecule has 0 radical (unpaired) electrons. The van der Waals surface area contributed by atoms with Gasteiger partial charge in [0.1, 0.15) is 5.82 Å². The molecule has 1 aliphatic heterocycles. The zero-order valence-electron chi connectivity index (χ0n) is 9.60. The van der Waals surface area contributed by atoms with Gasteiger partial charge in [0, 0.05) is 24.1 Å². The van der Waals surface area contributed by atoms with Crippen LogP contribution >= 0.6 is 0 Å². The summed E-state index contributed by atoms with van der Waals surface area (Å²) in [5.41, 5.74) is 2.09. The number of aromatic nitrogens is 2. The van der Waals surface area contributed by atoms with Gasteiger partial charge >= 0.3 is 0 Å². The number of fused-ring (bicyclic) bond motifs is 1. The molecule has 0 amide bonds. The van der Waals surface area contributed by atoms with Gasteiger partial charge in [0.15, 0.2) is 0 Å². The van der Waals surface area contributed by atoms with Crippen molar-refractivity contribution in [3.05, 3.63) is 42.4 Å². The van der Waals surface area contributed by atoms with Crippen molar-refractivity contribution in [2.45, 2.75) is 12.3 Å². The minimum atomic E-state index is 0.360. The summed E-state index contributed by atoms with van der Waals surface area (Å²) < 4.78 is 5.37. The fraction of sp³-hybridized carbons (Fsp3) is 0.286. The fourth-order valence-corrected chi connectivity index (χ4v) is 2.13. The summed E-state index contributed by atoms with van der Waals surface area (Å²) in [6.45, 7) is 5.33. The summed E-state index contributed by atoms with van der Waals surface area (Å²) in [5, 5.41) is 1.06. The molecule has 0 saturated carbocycles. The van der Waals surface area contributed by atoms with Gasteiger partial charge in [-0.05, 0) is 24.1 Å². The molecule has 1 saturated heterocycles. The van der Waals surface area contributed by atoms with Gasteiger partial charge in [-0.2, -0.15) is 0 Å². The molecular weight excluding hydrogens is 212 g/mol. The number of rotatable bonds is 2. The van der Waals surface area contributed by atoms with Gasteiger partial charge in [0.2, 0.25) is 0 Å². The minimum Gasteiger partial charge on any atom is -0.381 e. The highest BCUT2D eigenvalue weighted by Crippen LogP contribution is 2.23. The van der Waals surface area contributed by atoms with Gasteiger partial charge in [-0.15, -0.1) is 0 Å². The molecule has 0 aliphatic carbocycles. The van der Waals surface area contributed by atoms with Crippen molar-refractivity contribution in [3.8, 4) is 0 Å². The Bertz CT molecular complexity index is 559. The predicted octanol–water partition coefficient (Wildman–Crippen LogP) is 2.78. The second kappa shape index (κ2) is 4.26. The molecule has 0 bridgehead atoms. The molecule has 86 valence electrons. The molecule has 3 nitrogen and oxygen atoms in total. The predicted molar refractivity (Wildman–Crippen MR) is 67.8 cm³/mol. The third-order valence-electron chi connectivity index (χ3n) is 3.15. The fourth-order valence-electron chi connectivity index (χ4n) is 2.13. The zero-order valence-corrected chi connectivity index (χ0v) is 9.60. The molecule has 1 aromatic carbocycles. The summed E-state index contributed by atoms with van der Waals surface area (Å²) in [6.07, 6.45) is 4.75. The van der Waals surface area contributed by atoms with E-state index in [0.717, 1.165) is 41.9 Å². The maximum Gasteiger partial charge on any atom is 0.134 e. The van der Waals surface area contributed by atoms with E-state index < -0.39 is 0 Å². The normalized spacial score (nSPS) is 19.6. The molecule has 17 heavy (non-hydrogen) atoms. The van der Waals surface area contributed by atoms with Crippen molar-refractivity contribution in [3.63, 3.8) is 0 Å². The van der Waals surface area contributed by atoms with E-state index in [1.165, 1.54) is 0 Å². The maximum absolute atomic E-state index is 5.37. The van der Waals surface area contributed by atoms with Crippen molar-refractivity contribution in [1.82, 2.24) is 9.97 Å². The Kier molecular flexibility index (Phi) is 2.61. The lowest BCUT2D eigenvalue weighted by atomic mass is 10.1. The van der Waals surface area contributed by atoms with Gasteiger partial charge < -0.3 is 4.74 Å². The molecule has 1 unspecified atom stereocenters. The van der Waals surface area contributed by atoms with Crippen molar-refractivity contribution in [2.24, 2.45) is 0 Å². The lowest BCUT2D eigenvalue weighted by Crippen LogP contribution is -2.03. The third kappa shape index (κ3) is 1.94. The molecule has 2 aromatic rings. The molecule has 0 spiro atoms. The molecular formula is C14H14N2O. The Hall–Kier alpha value is -1.74. The molecule has 1 atom stereocenters. The Morgan fingerprint density at radius 3 is 3.12 bits per heavy atom. The topological polar surface area (TPSA) is 35.0 Å². The Balaban J connectivity index is 2.03. The van der Waals surface area contributed by atoms with Crippen molar-refractivity contribution >= 4 is 17.0 Å². The Morgan fingerprint density at radius 1 is 1.41 bits per heavy atom. The summed E-state index contributed by atoms with van der Waals surface area (Å²) in [7, 11) is 0.